The molecule has 0 aromatic heterocycles. The third-order valence-electron chi connectivity index (χ3n) is 5.93. The second-order valence-corrected chi connectivity index (χ2v) is 9.49. The monoisotopic (exact) mass is 494 g/mol. The Bertz CT molecular complexity index is 452. The average molecular weight is 495 g/mol. The van der Waals surface area contributed by atoms with Gasteiger partial charge in [-0.2, -0.15) is 0 Å². The number of hydrogen-bond acceptors (Lipinski definition) is 3. The Morgan fingerprint density at radius 1 is 1.22 bits per heavy atom. The number of hydrogen-bond donors (Lipinski definition) is 2. The highest BCUT2D eigenvalue weighted by Crippen LogP contribution is 2.33. The van der Waals surface area contributed by atoms with Gasteiger partial charge < -0.3 is 15.4 Å². The van der Waals surface area contributed by atoms with Crippen molar-refractivity contribution in [2.45, 2.75) is 72.4 Å². The van der Waals surface area contributed by atoms with E-state index >= 15 is 0 Å². The van der Waals surface area contributed by atoms with Gasteiger partial charge in [0.25, 0.3) is 0 Å². The highest BCUT2D eigenvalue weighted by Gasteiger charge is 2.35. The van der Waals surface area contributed by atoms with Gasteiger partial charge in [-0.3, -0.25) is 9.89 Å². The predicted octanol–water partition coefficient (Wildman–Crippen LogP) is 3.73. The number of halogens is 1. The van der Waals surface area contributed by atoms with Gasteiger partial charge in [-0.1, -0.05) is 27.7 Å². The van der Waals surface area contributed by atoms with Crippen LogP contribution in [0.25, 0.3) is 0 Å². The van der Waals surface area contributed by atoms with E-state index in [0.29, 0.717) is 18.1 Å². The van der Waals surface area contributed by atoms with Crippen LogP contribution < -0.4 is 10.6 Å². The van der Waals surface area contributed by atoms with Crippen LogP contribution in [0.2, 0.25) is 0 Å². The van der Waals surface area contributed by atoms with Crippen LogP contribution in [-0.2, 0) is 4.74 Å². The van der Waals surface area contributed by atoms with Crippen LogP contribution in [0.1, 0.15) is 60.3 Å². The van der Waals surface area contributed by atoms with Gasteiger partial charge in [0.15, 0.2) is 5.96 Å². The number of likely N-dealkylation sites (tertiary alicyclic amines) is 1. The number of rotatable bonds is 5. The molecule has 27 heavy (non-hydrogen) atoms. The first-order chi connectivity index (χ1) is 12.3. The zero-order valence-corrected chi connectivity index (χ0v) is 20.7. The fraction of sp³-hybridized carbons (Fsp3) is 0.952. The van der Waals surface area contributed by atoms with E-state index in [1.807, 2.05) is 7.05 Å². The Hall–Kier alpha value is -0.0800. The van der Waals surface area contributed by atoms with Crippen molar-refractivity contribution in [3.05, 3.63) is 0 Å². The lowest BCUT2D eigenvalue weighted by molar-refractivity contribution is -0.0835. The molecule has 0 radical (unpaired) electrons. The summed E-state index contributed by atoms with van der Waals surface area (Å²) in [6, 6.07) is 0.539. The van der Waals surface area contributed by atoms with Crippen LogP contribution in [0.3, 0.4) is 0 Å². The minimum Gasteiger partial charge on any atom is -0.377 e. The molecule has 0 bridgehead atoms. The molecule has 2 heterocycles. The SMILES string of the molecule is CN=C(NCC1CCCOC1C(C)(C)C)NCC(C)N1CCCC(C)C1.I. The van der Waals surface area contributed by atoms with Crippen molar-refractivity contribution in [3.63, 3.8) is 0 Å². The molecule has 0 amide bonds. The van der Waals surface area contributed by atoms with Crippen molar-refractivity contribution in [1.29, 1.82) is 0 Å². The second-order valence-electron chi connectivity index (χ2n) is 9.49. The molecule has 0 saturated carbocycles. The molecule has 6 heteroatoms. The van der Waals surface area contributed by atoms with Crippen LogP contribution in [0, 0.1) is 17.3 Å². The van der Waals surface area contributed by atoms with Crippen molar-refractivity contribution in [1.82, 2.24) is 15.5 Å². The fourth-order valence-electron chi connectivity index (χ4n) is 4.46. The van der Waals surface area contributed by atoms with Crippen LogP contribution in [0.4, 0.5) is 0 Å². The Labute approximate surface area is 184 Å². The maximum Gasteiger partial charge on any atom is 0.191 e. The van der Waals surface area contributed by atoms with Gasteiger partial charge in [0, 0.05) is 45.2 Å². The number of guanidine groups is 1. The number of aliphatic imine (C=N–C) groups is 1. The summed E-state index contributed by atoms with van der Waals surface area (Å²) >= 11 is 0. The maximum absolute atomic E-state index is 6.10. The van der Waals surface area contributed by atoms with E-state index in [1.165, 1.54) is 32.4 Å². The molecule has 4 atom stereocenters. The summed E-state index contributed by atoms with van der Waals surface area (Å²) in [6.07, 6.45) is 5.41. The van der Waals surface area contributed by atoms with E-state index in [2.05, 4.69) is 55.1 Å². The first kappa shape index (κ1) is 25.0. The maximum atomic E-state index is 6.10. The van der Waals surface area contributed by atoms with Crippen molar-refractivity contribution in [2.24, 2.45) is 22.2 Å². The normalized spacial score (nSPS) is 29.0. The topological polar surface area (TPSA) is 48.9 Å². The average Bonchev–Trinajstić information content (AvgIpc) is 2.61. The molecule has 2 N–H and O–H groups in total. The number of piperidine rings is 1. The van der Waals surface area contributed by atoms with Crippen LogP contribution in [0.15, 0.2) is 4.99 Å². The molecule has 2 saturated heterocycles. The zero-order chi connectivity index (χ0) is 19.2. The third-order valence-corrected chi connectivity index (χ3v) is 5.93. The highest BCUT2D eigenvalue weighted by molar-refractivity contribution is 14.0. The van der Waals surface area contributed by atoms with Gasteiger partial charge in [-0.05, 0) is 50.5 Å². The van der Waals surface area contributed by atoms with E-state index in [1.54, 1.807) is 0 Å². The molecule has 5 nitrogen and oxygen atoms in total. The van der Waals surface area contributed by atoms with Crippen LogP contribution in [0.5, 0.6) is 0 Å². The van der Waals surface area contributed by atoms with Crippen molar-refractivity contribution in [2.75, 3.05) is 39.8 Å². The van der Waals surface area contributed by atoms with E-state index in [9.17, 15) is 0 Å². The van der Waals surface area contributed by atoms with Gasteiger partial charge in [-0.25, -0.2) is 0 Å². The van der Waals surface area contributed by atoms with Gasteiger partial charge in [0.05, 0.1) is 6.10 Å². The largest absolute Gasteiger partial charge is 0.377 e. The third kappa shape index (κ3) is 8.05. The van der Waals surface area contributed by atoms with Gasteiger partial charge >= 0.3 is 0 Å². The van der Waals surface area contributed by atoms with Crippen LogP contribution in [-0.4, -0.2) is 62.8 Å². The van der Waals surface area contributed by atoms with Crippen LogP contribution >= 0.6 is 24.0 Å². The molecule has 0 aromatic rings. The lowest BCUT2D eigenvalue weighted by Gasteiger charge is -2.40. The molecule has 4 unspecified atom stereocenters. The molecule has 0 aromatic carbocycles. The molecule has 0 spiro atoms. The van der Waals surface area contributed by atoms with Crippen molar-refractivity contribution in [3.8, 4) is 0 Å². The second kappa shape index (κ2) is 11.8. The quantitative estimate of drug-likeness (QED) is 0.348. The molecular formula is C21H43IN4O. The number of nitrogens with zero attached hydrogens (tertiary/aromatic N) is 2. The minimum atomic E-state index is 0. The fourth-order valence-corrected chi connectivity index (χ4v) is 4.46. The summed E-state index contributed by atoms with van der Waals surface area (Å²) in [4.78, 5) is 7.04. The van der Waals surface area contributed by atoms with Gasteiger partial charge in [-0.15, -0.1) is 24.0 Å². The molecule has 2 fully saturated rings. The van der Waals surface area contributed by atoms with Gasteiger partial charge in [0.2, 0.25) is 0 Å². The Morgan fingerprint density at radius 3 is 2.59 bits per heavy atom. The predicted molar refractivity (Wildman–Crippen MR) is 126 cm³/mol. The summed E-state index contributed by atoms with van der Waals surface area (Å²) in [5.74, 6) is 2.28. The van der Waals surface area contributed by atoms with E-state index in [0.717, 1.165) is 38.0 Å². The molecular weight excluding hydrogens is 451 g/mol. The zero-order valence-electron chi connectivity index (χ0n) is 18.4. The summed E-state index contributed by atoms with van der Waals surface area (Å²) < 4.78 is 6.10. The lowest BCUT2D eigenvalue weighted by atomic mass is 9.78. The summed E-state index contributed by atoms with van der Waals surface area (Å²) in [6.45, 7) is 16.8. The Kier molecular flexibility index (Phi) is 10.9. The van der Waals surface area contributed by atoms with E-state index < -0.39 is 0 Å². The highest BCUT2D eigenvalue weighted by atomic mass is 127. The minimum absolute atomic E-state index is 0. The number of nitrogens with one attached hydrogen (secondary N) is 2. The molecule has 2 aliphatic rings. The smallest absolute Gasteiger partial charge is 0.191 e. The molecule has 160 valence electrons. The Morgan fingerprint density at radius 2 is 1.96 bits per heavy atom. The first-order valence-electron chi connectivity index (χ1n) is 10.6. The summed E-state index contributed by atoms with van der Waals surface area (Å²) in [5.41, 5.74) is 0.184. The molecule has 2 rings (SSSR count). The first-order valence-corrected chi connectivity index (χ1v) is 10.6. The standard InChI is InChI=1S/C21H42N4O.HI/c1-16-9-7-11-25(15-16)17(2)13-23-20(22-6)24-14-18-10-8-12-26-19(18)21(3,4)5;/h16-19H,7-15H2,1-6H3,(H2,22,23,24);1H. The number of ether oxygens (including phenoxy) is 1. The summed E-state index contributed by atoms with van der Waals surface area (Å²) in [7, 11) is 1.86. The van der Waals surface area contributed by atoms with E-state index in [-0.39, 0.29) is 29.4 Å². The van der Waals surface area contributed by atoms with E-state index in [4.69, 9.17) is 4.74 Å². The molecule has 2 aliphatic heterocycles. The Balaban J connectivity index is 0.00000364. The van der Waals surface area contributed by atoms with Gasteiger partial charge in [0.1, 0.15) is 0 Å². The lowest BCUT2D eigenvalue weighted by Crippen LogP contribution is -2.50. The molecule has 0 aliphatic carbocycles. The van der Waals surface area contributed by atoms with Crippen molar-refractivity contribution >= 4 is 29.9 Å². The van der Waals surface area contributed by atoms with Crippen molar-refractivity contribution < 1.29 is 4.74 Å². The summed E-state index contributed by atoms with van der Waals surface area (Å²) in [5, 5.41) is 7.08.